The van der Waals surface area contributed by atoms with Crippen molar-refractivity contribution in [3.8, 4) is 12.3 Å². The highest BCUT2D eigenvalue weighted by Gasteiger charge is 2.50. The van der Waals surface area contributed by atoms with E-state index in [0.29, 0.717) is 29.8 Å². The average Bonchev–Trinajstić information content (AvgIpc) is 2.66. The number of carbonyl (C=O) groups is 1. The Morgan fingerprint density at radius 3 is 2.33 bits per heavy atom. The number of nitrogens with zero attached hydrogens (tertiary/aromatic N) is 2. The molecule has 0 radical (unpaired) electrons. The van der Waals surface area contributed by atoms with Gasteiger partial charge in [-0.25, -0.2) is 0 Å². The largest absolute Gasteiger partial charge is 0.341 e. The van der Waals surface area contributed by atoms with Crippen LogP contribution in [0.5, 0.6) is 0 Å². The molecule has 27 heavy (non-hydrogen) atoms. The minimum atomic E-state index is -0.0440. The number of amides is 1. The van der Waals surface area contributed by atoms with Crippen molar-refractivity contribution in [1.29, 1.82) is 0 Å². The monoisotopic (exact) mass is 372 g/mol. The van der Waals surface area contributed by atoms with E-state index in [0.717, 1.165) is 12.8 Å². The van der Waals surface area contributed by atoms with Crippen LogP contribution in [-0.4, -0.2) is 46.4 Å². The van der Waals surface area contributed by atoms with E-state index in [2.05, 4.69) is 43.5 Å². The molecule has 0 aromatic carbocycles. The molecule has 4 atom stereocenters. The Morgan fingerprint density at radius 1 is 1.07 bits per heavy atom. The first kappa shape index (κ1) is 20.7. The number of rotatable bonds is 3. The maximum atomic E-state index is 13.7. The van der Waals surface area contributed by atoms with Gasteiger partial charge in [-0.2, -0.15) is 0 Å². The van der Waals surface area contributed by atoms with Gasteiger partial charge in [0.25, 0.3) is 0 Å². The SMILES string of the molecule is C#CCC1C2CCCCC2CC(C(=O)N(C)C2CCCCC2)N1C(C)(C)C. The van der Waals surface area contributed by atoms with E-state index in [-0.39, 0.29) is 11.6 Å². The molecule has 1 heterocycles. The van der Waals surface area contributed by atoms with Gasteiger partial charge in [0.1, 0.15) is 0 Å². The van der Waals surface area contributed by atoms with E-state index in [1.165, 1.54) is 57.8 Å². The molecule has 3 fully saturated rings. The number of terminal acetylenes is 1. The summed E-state index contributed by atoms with van der Waals surface area (Å²) in [6, 6.07) is 0.778. The zero-order valence-corrected chi connectivity index (χ0v) is 18.0. The van der Waals surface area contributed by atoms with Crippen LogP contribution in [0.2, 0.25) is 0 Å². The van der Waals surface area contributed by atoms with Gasteiger partial charge in [0.05, 0.1) is 6.04 Å². The highest BCUT2D eigenvalue weighted by atomic mass is 16.2. The summed E-state index contributed by atoms with van der Waals surface area (Å²) < 4.78 is 0. The molecule has 3 nitrogen and oxygen atoms in total. The molecule has 2 aliphatic carbocycles. The van der Waals surface area contributed by atoms with Gasteiger partial charge in [-0.05, 0) is 58.3 Å². The van der Waals surface area contributed by atoms with E-state index in [9.17, 15) is 4.79 Å². The van der Waals surface area contributed by atoms with Crippen molar-refractivity contribution in [2.75, 3.05) is 7.05 Å². The molecule has 3 heteroatoms. The quantitative estimate of drug-likeness (QED) is 0.661. The molecule has 3 rings (SSSR count). The number of likely N-dealkylation sites (tertiary alicyclic amines) is 1. The van der Waals surface area contributed by atoms with E-state index < -0.39 is 0 Å². The smallest absolute Gasteiger partial charge is 0.239 e. The van der Waals surface area contributed by atoms with Crippen molar-refractivity contribution in [2.24, 2.45) is 11.8 Å². The van der Waals surface area contributed by atoms with Crippen LogP contribution in [0.4, 0.5) is 0 Å². The fourth-order valence-electron chi connectivity index (χ4n) is 6.31. The number of likely N-dealkylation sites (N-methyl/N-ethyl adjacent to an activating group) is 1. The molecule has 0 aromatic heterocycles. The topological polar surface area (TPSA) is 23.6 Å². The van der Waals surface area contributed by atoms with Crippen LogP contribution in [0.15, 0.2) is 0 Å². The van der Waals surface area contributed by atoms with Crippen LogP contribution >= 0.6 is 0 Å². The van der Waals surface area contributed by atoms with Crippen molar-refractivity contribution in [1.82, 2.24) is 9.80 Å². The molecule has 1 aliphatic heterocycles. The lowest BCUT2D eigenvalue weighted by atomic mass is 9.67. The van der Waals surface area contributed by atoms with Crippen LogP contribution in [0.25, 0.3) is 0 Å². The molecule has 4 unspecified atom stereocenters. The predicted octanol–water partition coefficient (Wildman–Crippen LogP) is 4.85. The summed E-state index contributed by atoms with van der Waals surface area (Å²) >= 11 is 0. The van der Waals surface area contributed by atoms with Gasteiger partial charge in [0.15, 0.2) is 0 Å². The van der Waals surface area contributed by atoms with Crippen LogP contribution in [0, 0.1) is 24.2 Å². The lowest BCUT2D eigenvalue weighted by Crippen LogP contribution is -2.65. The van der Waals surface area contributed by atoms with Crippen molar-refractivity contribution in [3.05, 3.63) is 0 Å². The average molecular weight is 373 g/mol. The predicted molar refractivity (Wildman–Crippen MR) is 112 cm³/mol. The standard InChI is InChI=1S/C24H40N2O/c1-6-12-21-20-16-11-10-13-18(20)17-22(26(21)24(2,3)4)23(27)25(5)19-14-8-7-9-15-19/h1,18-22H,7-17H2,2-5H3. The zero-order valence-electron chi connectivity index (χ0n) is 18.0. The zero-order chi connectivity index (χ0) is 19.6. The summed E-state index contributed by atoms with van der Waals surface area (Å²) in [5, 5.41) is 0. The number of hydrogen-bond donors (Lipinski definition) is 0. The number of piperidine rings is 1. The number of carbonyl (C=O) groups excluding carboxylic acids is 1. The molecule has 0 spiro atoms. The minimum Gasteiger partial charge on any atom is -0.341 e. The van der Waals surface area contributed by atoms with E-state index in [4.69, 9.17) is 6.42 Å². The molecular weight excluding hydrogens is 332 g/mol. The van der Waals surface area contributed by atoms with Gasteiger partial charge in [-0.1, -0.05) is 38.5 Å². The first-order valence-electron chi connectivity index (χ1n) is 11.3. The van der Waals surface area contributed by atoms with Crippen molar-refractivity contribution < 1.29 is 4.79 Å². The summed E-state index contributed by atoms with van der Waals surface area (Å²) in [5.74, 6) is 4.64. The third-order valence-corrected chi connectivity index (χ3v) is 7.54. The van der Waals surface area contributed by atoms with Crippen LogP contribution in [0.3, 0.4) is 0 Å². The molecule has 2 saturated carbocycles. The van der Waals surface area contributed by atoms with Gasteiger partial charge in [0, 0.05) is 31.1 Å². The summed E-state index contributed by atoms with van der Waals surface area (Å²) in [6.45, 7) is 6.79. The third-order valence-electron chi connectivity index (χ3n) is 7.54. The Bertz CT molecular complexity index is 552. The highest BCUT2D eigenvalue weighted by Crippen LogP contribution is 2.46. The molecule has 152 valence electrons. The van der Waals surface area contributed by atoms with Crippen LogP contribution in [-0.2, 0) is 4.79 Å². The first-order chi connectivity index (χ1) is 12.8. The highest BCUT2D eigenvalue weighted by molar-refractivity contribution is 5.82. The van der Waals surface area contributed by atoms with Gasteiger partial charge in [-0.15, -0.1) is 12.3 Å². The summed E-state index contributed by atoms with van der Waals surface area (Å²) in [4.78, 5) is 18.3. The third kappa shape index (κ3) is 4.37. The van der Waals surface area contributed by atoms with Crippen LogP contribution in [0.1, 0.15) is 91.4 Å². The summed E-state index contributed by atoms with van der Waals surface area (Å²) in [5.41, 5.74) is -0.0440. The van der Waals surface area contributed by atoms with Gasteiger partial charge < -0.3 is 4.90 Å². The Morgan fingerprint density at radius 2 is 1.70 bits per heavy atom. The van der Waals surface area contributed by atoms with Gasteiger partial charge in [-0.3, -0.25) is 9.69 Å². The first-order valence-corrected chi connectivity index (χ1v) is 11.3. The lowest BCUT2D eigenvalue weighted by Gasteiger charge is -2.56. The van der Waals surface area contributed by atoms with Gasteiger partial charge in [0.2, 0.25) is 5.91 Å². The maximum Gasteiger partial charge on any atom is 0.239 e. The van der Waals surface area contributed by atoms with Gasteiger partial charge >= 0.3 is 0 Å². The summed E-state index contributed by atoms with van der Waals surface area (Å²) in [6.07, 6.45) is 19.0. The Hall–Kier alpha value is -1.01. The number of hydrogen-bond acceptors (Lipinski definition) is 2. The van der Waals surface area contributed by atoms with E-state index in [1.807, 2.05) is 0 Å². The second-order valence-electron chi connectivity index (χ2n) is 10.3. The van der Waals surface area contributed by atoms with Crippen molar-refractivity contribution >= 4 is 5.91 Å². The second-order valence-corrected chi connectivity index (χ2v) is 10.3. The van der Waals surface area contributed by atoms with Crippen molar-refractivity contribution in [2.45, 2.75) is 115 Å². The number of fused-ring (bicyclic) bond motifs is 1. The van der Waals surface area contributed by atoms with E-state index >= 15 is 0 Å². The summed E-state index contributed by atoms with van der Waals surface area (Å²) in [7, 11) is 2.06. The lowest BCUT2D eigenvalue weighted by molar-refractivity contribution is -0.151. The minimum absolute atomic E-state index is 0.00498. The second kappa shape index (κ2) is 8.56. The molecule has 3 aliphatic rings. The molecule has 1 saturated heterocycles. The maximum absolute atomic E-state index is 13.7. The van der Waals surface area contributed by atoms with Crippen molar-refractivity contribution in [3.63, 3.8) is 0 Å². The Kier molecular flexibility index (Phi) is 6.57. The molecule has 0 bridgehead atoms. The molecule has 1 amide bonds. The van der Waals surface area contributed by atoms with Crippen LogP contribution < -0.4 is 0 Å². The fourth-order valence-corrected chi connectivity index (χ4v) is 6.31. The van der Waals surface area contributed by atoms with E-state index in [1.54, 1.807) is 0 Å². The molecular formula is C24H40N2O. The molecule has 0 aromatic rings. The normalized spacial score (nSPS) is 33.1. The fraction of sp³-hybridized carbons (Fsp3) is 0.875. The molecule has 0 N–H and O–H groups in total. The Labute approximate surface area is 167 Å². The Balaban J connectivity index is 1.88.